The van der Waals surface area contributed by atoms with Crippen molar-refractivity contribution in [2.45, 2.75) is 6.85 Å². The van der Waals surface area contributed by atoms with Gasteiger partial charge in [0.1, 0.15) is 0 Å². The third-order valence-electron chi connectivity index (χ3n) is 13.4. The first-order valence-electron chi connectivity index (χ1n) is 24.8. The average molecular weight is 1090 g/mol. The van der Waals surface area contributed by atoms with Crippen molar-refractivity contribution in [3.05, 3.63) is 255 Å². The summed E-state index contributed by atoms with van der Waals surface area (Å²) in [5.41, 5.74) is 19.4. The molecular formula is C66H41IrN4. The topological polar surface area (TPSA) is 43.1 Å². The summed E-state index contributed by atoms with van der Waals surface area (Å²) in [5.74, 6) is 0. The quantitative estimate of drug-likeness (QED) is 0.112. The minimum absolute atomic E-state index is 0. The van der Waals surface area contributed by atoms with Crippen LogP contribution in [-0.4, -0.2) is 19.4 Å². The van der Waals surface area contributed by atoms with Crippen molar-refractivity contribution in [3.8, 4) is 89.3 Å². The minimum atomic E-state index is -2.40. The maximum absolute atomic E-state index is 8.90. The molecule has 5 heteroatoms. The molecule has 334 valence electrons. The van der Waals surface area contributed by atoms with Crippen LogP contribution in [0.15, 0.2) is 231 Å². The number of nitrogens with zero attached hydrogens (tertiary/aromatic N) is 4. The van der Waals surface area contributed by atoms with Crippen molar-refractivity contribution in [1.82, 2.24) is 19.4 Å². The molecule has 4 nitrogen and oxygen atoms in total. The number of rotatable bonds is 8. The van der Waals surface area contributed by atoms with Gasteiger partial charge in [-0.25, -0.2) is 0 Å². The molecule has 71 heavy (non-hydrogen) atoms. The van der Waals surface area contributed by atoms with Crippen molar-refractivity contribution < 1.29 is 24.2 Å². The van der Waals surface area contributed by atoms with Crippen LogP contribution in [0, 0.1) is 25.1 Å². The third kappa shape index (κ3) is 7.73. The van der Waals surface area contributed by atoms with Gasteiger partial charge >= 0.3 is 20.1 Å². The molecule has 5 heterocycles. The van der Waals surface area contributed by atoms with Gasteiger partial charge in [-0.15, -0.1) is 83.2 Å². The molecular weight excluding hydrogens is 1040 g/mol. The molecule has 0 radical (unpaired) electrons. The van der Waals surface area contributed by atoms with E-state index in [9.17, 15) is 0 Å². The Balaban J connectivity index is 0.00000556. The van der Waals surface area contributed by atoms with Crippen molar-refractivity contribution in [2.24, 2.45) is 0 Å². The molecule has 0 amide bonds. The van der Waals surface area contributed by atoms with Gasteiger partial charge in [0.05, 0.1) is 5.52 Å². The van der Waals surface area contributed by atoms with Crippen LogP contribution >= 0.6 is 0 Å². The summed E-state index contributed by atoms with van der Waals surface area (Å²) in [7, 11) is 0. The molecule has 0 saturated carbocycles. The molecule has 0 fully saturated rings. The molecule has 8 aromatic carbocycles. The second kappa shape index (κ2) is 18.4. The predicted molar refractivity (Wildman–Crippen MR) is 288 cm³/mol. The fourth-order valence-electron chi connectivity index (χ4n) is 10.2. The van der Waals surface area contributed by atoms with Crippen LogP contribution in [0.3, 0.4) is 0 Å². The normalized spacial score (nSPS) is 12.1. The molecule has 0 aliphatic rings. The van der Waals surface area contributed by atoms with Crippen LogP contribution in [-0.2, 0) is 20.1 Å². The number of pyridine rings is 4. The van der Waals surface area contributed by atoms with Gasteiger partial charge in [-0.3, -0.25) is 0 Å². The fourth-order valence-corrected chi connectivity index (χ4v) is 10.2. The summed E-state index contributed by atoms with van der Waals surface area (Å²) in [6.45, 7) is -2.40. The third-order valence-corrected chi connectivity index (χ3v) is 13.4. The second-order valence-corrected chi connectivity index (χ2v) is 17.5. The van der Waals surface area contributed by atoms with Crippen molar-refractivity contribution >= 4 is 38.2 Å². The summed E-state index contributed by atoms with van der Waals surface area (Å²) in [5, 5.41) is 2.24. The van der Waals surface area contributed by atoms with Gasteiger partial charge in [0.2, 0.25) is 0 Å². The Morgan fingerprint density at radius 1 is 0.394 bits per heavy atom. The molecule has 0 N–H and O–H groups in total. The zero-order chi connectivity index (χ0) is 49.0. The maximum atomic E-state index is 8.90. The van der Waals surface area contributed by atoms with E-state index in [1.165, 1.54) is 0 Å². The Labute approximate surface area is 430 Å². The SMILES string of the molecule is [2H]C([2H])([2H])c1c2ccccc2n2c3cccnc3c3[c-]cc(-c4ccccc4-c4cc(-c5ccccc5-c5c[c-]c(-c6ccccn6)cc5)cc(-c5ccccc5-c5c[c-]c(-c6ccccn6)cc5)c4)cc3c12.[Ir+3]. The number of aryl methyl sites for hydroxylation is 1. The van der Waals surface area contributed by atoms with Crippen LogP contribution in [0.5, 0.6) is 0 Å². The maximum Gasteiger partial charge on any atom is 3.00 e. The van der Waals surface area contributed by atoms with E-state index in [4.69, 9.17) is 9.10 Å². The zero-order valence-corrected chi connectivity index (χ0v) is 40.5. The van der Waals surface area contributed by atoms with Crippen LogP contribution in [0.25, 0.3) is 128 Å². The van der Waals surface area contributed by atoms with Gasteiger partial charge in [-0.05, 0) is 106 Å². The first-order chi connectivity index (χ1) is 35.9. The fraction of sp³-hybridized carbons (Fsp3) is 0.0152. The van der Waals surface area contributed by atoms with Gasteiger partial charge in [0.15, 0.2) is 0 Å². The van der Waals surface area contributed by atoms with Gasteiger partial charge in [0, 0.05) is 44.6 Å². The van der Waals surface area contributed by atoms with Crippen molar-refractivity contribution in [3.63, 3.8) is 0 Å². The summed E-state index contributed by atoms with van der Waals surface area (Å²) in [6.07, 6.45) is 5.39. The van der Waals surface area contributed by atoms with E-state index < -0.39 is 6.85 Å². The van der Waals surface area contributed by atoms with E-state index in [0.717, 1.165) is 117 Å². The number of hydrogen-bond donors (Lipinski definition) is 0. The molecule has 5 aromatic heterocycles. The predicted octanol–water partition coefficient (Wildman–Crippen LogP) is 16.6. The van der Waals surface area contributed by atoms with Gasteiger partial charge in [0.25, 0.3) is 0 Å². The first-order valence-corrected chi connectivity index (χ1v) is 23.3. The first kappa shape index (κ1) is 40.3. The van der Waals surface area contributed by atoms with Crippen molar-refractivity contribution in [1.29, 1.82) is 0 Å². The smallest absolute Gasteiger partial charge is 0.324 e. The summed E-state index contributed by atoms with van der Waals surface area (Å²) in [4.78, 5) is 14.0. The van der Waals surface area contributed by atoms with E-state index in [1.807, 2.05) is 78.9 Å². The van der Waals surface area contributed by atoms with E-state index in [1.54, 1.807) is 18.6 Å². The average Bonchev–Trinajstić information content (AvgIpc) is 3.83. The summed E-state index contributed by atoms with van der Waals surface area (Å²) < 4.78 is 28.8. The minimum Gasteiger partial charge on any atom is -0.324 e. The largest absolute Gasteiger partial charge is 3.00 e. The standard InChI is InChI=1S/C66H41N4.Ir/c1-43-52-15-8-9-24-63(52)70-64-25-14-38-69-65(64)59-35-34-48(42-60(59)66(43)70)55-18-4-7-21-58(55)51-40-49(56-19-5-2-16-53(56)44-26-30-46(31-27-44)61-22-10-12-36-67-61)39-50(41-51)57-20-6-3-17-54(57)45-28-32-47(33-29-45)62-23-11-13-37-68-62;/h2-30,32,34,36-42H,1H3;/q-3;+3/i1D3;. The van der Waals surface area contributed by atoms with E-state index in [-0.39, 0.29) is 20.1 Å². The molecule has 0 aliphatic carbocycles. The van der Waals surface area contributed by atoms with Gasteiger partial charge in [-0.1, -0.05) is 154 Å². The number of fused-ring (bicyclic) bond motifs is 8. The summed E-state index contributed by atoms with van der Waals surface area (Å²) >= 11 is 0. The number of aromatic nitrogens is 4. The van der Waals surface area contributed by atoms with Crippen LogP contribution in [0.1, 0.15) is 9.68 Å². The van der Waals surface area contributed by atoms with Crippen LogP contribution in [0.4, 0.5) is 0 Å². The molecule has 13 rings (SSSR count). The van der Waals surface area contributed by atoms with Gasteiger partial charge in [-0.2, -0.15) is 0 Å². The summed E-state index contributed by atoms with van der Waals surface area (Å²) in [6, 6.07) is 83.4. The molecule has 13 aromatic rings. The molecule has 0 saturated heterocycles. The number of hydrogen-bond acceptors (Lipinski definition) is 3. The Hall–Kier alpha value is -8.60. The van der Waals surface area contributed by atoms with Crippen molar-refractivity contribution in [2.75, 3.05) is 0 Å². The van der Waals surface area contributed by atoms with E-state index in [2.05, 4.69) is 166 Å². The number of benzene rings is 8. The van der Waals surface area contributed by atoms with Crippen LogP contribution in [0.2, 0.25) is 0 Å². The second-order valence-electron chi connectivity index (χ2n) is 17.5. The molecule has 0 atom stereocenters. The Morgan fingerprint density at radius 2 is 0.859 bits per heavy atom. The Kier molecular flexibility index (Phi) is 10.4. The zero-order valence-electron chi connectivity index (χ0n) is 41.1. The monoisotopic (exact) mass is 1090 g/mol. The molecule has 0 unspecified atom stereocenters. The molecule has 0 spiro atoms. The Morgan fingerprint density at radius 3 is 1.37 bits per heavy atom. The van der Waals surface area contributed by atoms with Gasteiger partial charge < -0.3 is 19.4 Å². The number of para-hydroxylation sites is 1. The van der Waals surface area contributed by atoms with E-state index >= 15 is 0 Å². The van der Waals surface area contributed by atoms with E-state index in [0.29, 0.717) is 16.5 Å². The Bertz CT molecular complexity index is 4080. The molecule has 0 aliphatic heterocycles. The molecule has 0 bridgehead atoms. The van der Waals surface area contributed by atoms with Crippen LogP contribution < -0.4 is 0 Å².